The maximum absolute atomic E-state index is 11.3. The average molecular weight is 354 g/mol. The van der Waals surface area contributed by atoms with Crippen LogP contribution >= 0.6 is 0 Å². The minimum atomic E-state index is -0.737. The zero-order valence-corrected chi connectivity index (χ0v) is 13.7. The van der Waals surface area contributed by atoms with Crippen molar-refractivity contribution in [1.29, 1.82) is 0 Å². The Bertz CT molecular complexity index is 984. The van der Waals surface area contributed by atoms with E-state index in [4.69, 9.17) is 10.5 Å². The van der Waals surface area contributed by atoms with E-state index in [9.17, 15) is 14.9 Å². The van der Waals surface area contributed by atoms with E-state index >= 15 is 0 Å². The Balaban J connectivity index is 1.89. The minimum Gasteiger partial charge on any atom is -0.497 e. The molecule has 0 aliphatic heterocycles. The highest BCUT2D eigenvalue weighted by atomic mass is 16.6. The number of ether oxygens (including phenoxy) is 1. The molecular formula is C16H14N6O4. The molecule has 0 aliphatic carbocycles. The van der Waals surface area contributed by atoms with Gasteiger partial charge >= 0.3 is 0 Å². The summed E-state index contributed by atoms with van der Waals surface area (Å²) < 4.78 is 5.16. The summed E-state index contributed by atoms with van der Waals surface area (Å²) in [5, 5.41) is 23.4. The fourth-order valence-corrected chi connectivity index (χ4v) is 2.36. The second-order valence-electron chi connectivity index (χ2n) is 5.34. The number of aromatic nitrogens is 4. The summed E-state index contributed by atoms with van der Waals surface area (Å²) in [6, 6.07) is 11.1. The van der Waals surface area contributed by atoms with Crippen LogP contribution in [0.4, 0.5) is 5.69 Å². The number of nitro groups is 1. The largest absolute Gasteiger partial charge is 0.497 e. The number of methoxy groups -OCH3 is 1. The third kappa shape index (κ3) is 3.48. The first-order chi connectivity index (χ1) is 12.5. The van der Waals surface area contributed by atoms with E-state index in [1.165, 1.54) is 16.9 Å². The van der Waals surface area contributed by atoms with Crippen LogP contribution < -0.4 is 10.5 Å². The molecule has 10 heteroatoms. The van der Waals surface area contributed by atoms with Gasteiger partial charge in [0.25, 0.3) is 5.69 Å². The number of nitrogens with two attached hydrogens (primary N) is 1. The van der Waals surface area contributed by atoms with Crippen molar-refractivity contribution in [3.05, 3.63) is 63.7 Å². The Labute approximate surface area is 147 Å². The highest BCUT2D eigenvalue weighted by molar-refractivity contribution is 5.93. The number of hydrogen-bond acceptors (Lipinski definition) is 7. The van der Waals surface area contributed by atoms with Gasteiger partial charge in [-0.2, -0.15) is 4.80 Å². The van der Waals surface area contributed by atoms with Crippen LogP contribution in [0.5, 0.6) is 5.75 Å². The molecule has 2 N–H and O–H groups in total. The summed E-state index contributed by atoms with van der Waals surface area (Å²) in [7, 11) is 1.55. The third-order valence-corrected chi connectivity index (χ3v) is 3.66. The predicted molar refractivity (Wildman–Crippen MR) is 90.5 cm³/mol. The first-order valence-corrected chi connectivity index (χ1v) is 7.47. The normalized spacial score (nSPS) is 10.5. The van der Waals surface area contributed by atoms with Crippen LogP contribution in [-0.2, 0) is 6.54 Å². The van der Waals surface area contributed by atoms with Gasteiger partial charge in [0, 0.05) is 17.2 Å². The van der Waals surface area contributed by atoms with E-state index in [0.29, 0.717) is 22.7 Å². The predicted octanol–water partition coefficient (Wildman–Crippen LogP) is 1.40. The number of benzene rings is 2. The number of nitrogens with zero attached hydrogens (tertiary/aromatic N) is 5. The molecule has 0 fully saturated rings. The lowest BCUT2D eigenvalue weighted by Crippen LogP contribution is -2.12. The number of carbonyl (C=O) groups excluding carboxylic acids is 1. The molecule has 0 bridgehead atoms. The number of hydrogen-bond donors (Lipinski definition) is 1. The Kier molecular flexibility index (Phi) is 4.56. The molecule has 1 amide bonds. The van der Waals surface area contributed by atoms with E-state index in [1.807, 2.05) is 0 Å². The van der Waals surface area contributed by atoms with Crippen LogP contribution in [0.1, 0.15) is 15.9 Å². The molecule has 1 aromatic heterocycles. The number of tetrazole rings is 1. The molecule has 26 heavy (non-hydrogen) atoms. The van der Waals surface area contributed by atoms with Crippen molar-refractivity contribution in [1.82, 2.24) is 20.2 Å². The molecule has 1 heterocycles. The number of carbonyl (C=O) groups is 1. The average Bonchev–Trinajstić information content (AvgIpc) is 3.10. The van der Waals surface area contributed by atoms with Crippen LogP contribution in [0.2, 0.25) is 0 Å². The maximum atomic E-state index is 11.3. The quantitative estimate of drug-likeness (QED) is 0.521. The SMILES string of the molecule is COc1cccc(-c2nnn(Cc3ccc(C(N)=O)cc3[N+](=O)[O-])n2)c1. The molecule has 10 nitrogen and oxygen atoms in total. The monoisotopic (exact) mass is 354 g/mol. The van der Waals surface area contributed by atoms with E-state index in [1.54, 1.807) is 31.4 Å². The molecule has 0 radical (unpaired) electrons. The Morgan fingerprint density at radius 1 is 1.31 bits per heavy atom. The topological polar surface area (TPSA) is 139 Å². The van der Waals surface area contributed by atoms with Gasteiger partial charge in [0.15, 0.2) is 0 Å². The van der Waals surface area contributed by atoms with Gasteiger partial charge in [-0.25, -0.2) is 0 Å². The molecule has 0 aliphatic rings. The Hall–Kier alpha value is -3.82. The fraction of sp³-hybridized carbons (Fsp3) is 0.125. The van der Waals surface area contributed by atoms with Crippen LogP contribution in [0.25, 0.3) is 11.4 Å². The molecule has 3 rings (SSSR count). The molecule has 0 saturated heterocycles. The van der Waals surface area contributed by atoms with Gasteiger partial charge in [-0.1, -0.05) is 12.1 Å². The number of rotatable bonds is 6. The molecule has 3 aromatic rings. The first-order valence-electron chi connectivity index (χ1n) is 7.47. The van der Waals surface area contributed by atoms with Gasteiger partial charge in [0.2, 0.25) is 11.7 Å². The number of nitro benzene ring substituents is 1. The lowest BCUT2D eigenvalue weighted by molar-refractivity contribution is -0.385. The highest BCUT2D eigenvalue weighted by Crippen LogP contribution is 2.22. The summed E-state index contributed by atoms with van der Waals surface area (Å²) in [5.41, 5.74) is 6.02. The standard InChI is InChI=1S/C16H14N6O4/c1-26-13-4-2-3-11(7-13)16-18-20-21(19-16)9-12-6-5-10(15(17)23)8-14(12)22(24)25/h2-8H,9H2,1H3,(H2,17,23). The highest BCUT2D eigenvalue weighted by Gasteiger charge is 2.18. The molecule has 0 saturated carbocycles. The second-order valence-corrected chi connectivity index (χ2v) is 5.34. The fourth-order valence-electron chi connectivity index (χ4n) is 2.36. The summed E-state index contributed by atoms with van der Waals surface area (Å²) in [5.74, 6) is 0.274. The molecule has 132 valence electrons. The van der Waals surface area contributed by atoms with Crippen LogP contribution in [0.15, 0.2) is 42.5 Å². The molecule has 0 unspecified atom stereocenters. The number of amides is 1. The van der Waals surface area contributed by atoms with Crippen molar-refractivity contribution in [3.8, 4) is 17.1 Å². The summed E-state index contributed by atoms with van der Waals surface area (Å²) in [6.45, 7) is 0.0202. The molecule has 2 aromatic carbocycles. The van der Waals surface area contributed by atoms with Crippen molar-refractivity contribution in [2.45, 2.75) is 6.54 Å². The van der Waals surface area contributed by atoms with Gasteiger partial charge < -0.3 is 10.5 Å². The Morgan fingerprint density at radius 3 is 2.81 bits per heavy atom. The van der Waals surface area contributed by atoms with Gasteiger partial charge in [-0.05, 0) is 29.5 Å². The van der Waals surface area contributed by atoms with Crippen LogP contribution in [-0.4, -0.2) is 38.1 Å². The summed E-state index contributed by atoms with van der Waals surface area (Å²) in [6.07, 6.45) is 0. The van der Waals surface area contributed by atoms with Crippen molar-refractivity contribution in [2.75, 3.05) is 7.11 Å². The lowest BCUT2D eigenvalue weighted by atomic mass is 10.1. The van der Waals surface area contributed by atoms with E-state index in [0.717, 1.165) is 6.07 Å². The van der Waals surface area contributed by atoms with Crippen molar-refractivity contribution >= 4 is 11.6 Å². The molecular weight excluding hydrogens is 340 g/mol. The minimum absolute atomic E-state index is 0.0202. The van der Waals surface area contributed by atoms with Crippen LogP contribution in [0.3, 0.4) is 0 Å². The smallest absolute Gasteiger partial charge is 0.275 e. The summed E-state index contributed by atoms with van der Waals surface area (Å²) >= 11 is 0. The summed E-state index contributed by atoms with van der Waals surface area (Å²) in [4.78, 5) is 23.1. The van der Waals surface area contributed by atoms with Gasteiger partial charge in [-0.15, -0.1) is 10.2 Å². The Morgan fingerprint density at radius 2 is 2.12 bits per heavy atom. The maximum Gasteiger partial charge on any atom is 0.275 e. The van der Waals surface area contributed by atoms with Crippen molar-refractivity contribution in [3.63, 3.8) is 0 Å². The van der Waals surface area contributed by atoms with Gasteiger partial charge in [-0.3, -0.25) is 14.9 Å². The van der Waals surface area contributed by atoms with Gasteiger partial charge in [0.1, 0.15) is 5.75 Å². The van der Waals surface area contributed by atoms with E-state index in [2.05, 4.69) is 15.4 Å². The van der Waals surface area contributed by atoms with Crippen molar-refractivity contribution < 1.29 is 14.5 Å². The number of primary amides is 1. The van der Waals surface area contributed by atoms with E-state index < -0.39 is 10.8 Å². The first kappa shape index (κ1) is 17.0. The lowest BCUT2D eigenvalue weighted by Gasteiger charge is -2.03. The zero-order chi connectivity index (χ0) is 18.7. The molecule has 0 atom stereocenters. The molecule has 0 spiro atoms. The second kappa shape index (κ2) is 6.97. The van der Waals surface area contributed by atoms with Crippen LogP contribution in [0, 0.1) is 10.1 Å². The van der Waals surface area contributed by atoms with Gasteiger partial charge in [0.05, 0.1) is 24.1 Å². The zero-order valence-electron chi connectivity index (χ0n) is 13.7. The van der Waals surface area contributed by atoms with E-state index in [-0.39, 0.29) is 17.8 Å². The van der Waals surface area contributed by atoms with Crippen molar-refractivity contribution in [2.24, 2.45) is 5.73 Å². The third-order valence-electron chi connectivity index (χ3n) is 3.66.